The summed E-state index contributed by atoms with van der Waals surface area (Å²) in [5.41, 5.74) is 3.92. The number of esters is 1. The largest absolute Gasteiger partial charge is 0.423 e. The van der Waals surface area contributed by atoms with Gasteiger partial charge in [0.05, 0.1) is 5.56 Å². The van der Waals surface area contributed by atoms with E-state index in [9.17, 15) is 9.59 Å². The minimum Gasteiger partial charge on any atom is -0.423 e. The van der Waals surface area contributed by atoms with Gasteiger partial charge in [-0.3, -0.25) is 4.79 Å². The fraction of sp³-hybridized carbons (Fsp3) is 0.200. The number of hydrogen-bond donors (Lipinski definition) is 0. The normalized spacial score (nSPS) is 10.5. The quantitative estimate of drug-likeness (QED) is 0.300. The summed E-state index contributed by atoms with van der Waals surface area (Å²) in [6, 6.07) is 21.6. The molecular weight excluding hydrogens is 348 g/mol. The maximum absolute atomic E-state index is 12.5. The first kappa shape index (κ1) is 19.6. The average Bonchev–Trinajstić information content (AvgIpc) is 2.73. The van der Waals surface area contributed by atoms with E-state index >= 15 is 0 Å². The first-order chi connectivity index (χ1) is 13.6. The van der Waals surface area contributed by atoms with E-state index in [0.29, 0.717) is 22.4 Å². The lowest BCUT2D eigenvalue weighted by Gasteiger charge is -2.07. The fourth-order valence-electron chi connectivity index (χ4n) is 2.90. The highest BCUT2D eigenvalue weighted by molar-refractivity contribution is 6.09. The summed E-state index contributed by atoms with van der Waals surface area (Å²) >= 11 is 0. The highest BCUT2D eigenvalue weighted by atomic mass is 16.5. The van der Waals surface area contributed by atoms with E-state index in [4.69, 9.17) is 4.74 Å². The standard InChI is InChI=1S/C25H24O3/c1-3-4-5-19-8-16-23(17-9-19)28-25(27)22-14-12-21(13-15-22)24(26)20-10-6-18(2)7-11-20/h6-17H,3-5H2,1-2H3. The molecule has 0 saturated carbocycles. The molecule has 0 saturated heterocycles. The summed E-state index contributed by atoms with van der Waals surface area (Å²) < 4.78 is 5.43. The number of unbranched alkanes of at least 4 members (excludes halogenated alkanes) is 1. The van der Waals surface area contributed by atoms with Crippen LogP contribution in [0.4, 0.5) is 0 Å². The maximum atomic E-state index is 12.5. The lowest BCUT2D eigenvalue weighted by Crippen LogP contribution is -2.09. The monoisotopic (exact) mass is 372 g/mol. The lowest BCUT2D eigenvalue weighted by atomic mass is 10.0. The Hall–Kier alpha value is -3.20. The zero-order chi connectivity index (χ0) is 19.9. The Kier molecular flexibility index (Phi) is 6.38. The highest BCUT2D eigenvalue weighted by Gasteiger charge is 2.12. The molecular formula is C25H24O3. The van der Waals surface area contributed by atoms with Crippen LogP contribution in [0.25, 0.3) is 0 Å². The molecule has 0 aromatic heterocycles. The number of benzene rings is 3. The highest BCUT2D eigenvalue weighted by Crippen LogP contribution is 2.17. The third-order valence-electron chi connectivity index (χ3n) is 4.65. The number of rotatable bonds is 7. The Bertz CT molecular complexity index is 937. The second-order valence-corrected chi connectivity index (χ2v) is 6.91. The summed E-state index contributed by atoms with van der Waals surface area (Å²) in [7, 11) is 0. The Morgan fingerprint density at radius 1 is 0.750 bits per heavy atom. The Labute approximate surface area is 166 Å². The molecule has 0 bridgehead atoms. The van der Waals surface area contributed by atoms with Gasteiger partial charge in [-0.05, 0) is 49.6 Å². The molecule has 0 radical (unpaired) electrons. The van der Waals surface area contributed by atoms with Crippen molar-refractivity contribution < 1.29 is 14.3 Å². The molecule has 0 N–H and O–H groups in total. The first-order valence-electron chi connectivity index (χ1n) is 9.59. The van der Waals surface area contributed by atoms with E-state index in [2.05, 4.69) is 6.92 Å². The van der Waals surface area contributed by atoms with E-state index in [1.807, 2.05) is 55.5 Å². The van der Waals surface area contributed by atoms with Crippen molar-refractivity contribution in [2.24, 2.45) is 0 Å². The van der Waals surface area contributed by atoms with Gasteiger partial charge >= 0.3 is 5.97 Å². The molecule has 142 valence electrons. The van der Waals surface area contributed by atoms with Gasteiger partial charge in [-0.25, -0.2) is 4.79 Å². The van der Waals surface area contributed by atoms with Crippen molar-refractivity contribution in [2.45, 2.75) is 33.1 Å². The molecule has 0 aliphatic carbocycles. The fourth-order valence-corrected chi connectivity index (χ4v) is 2.90. The molecule has 0 unspecified atom stereocenters. The van der Waals surface area contributed by atoms with E-state index < -0.39 is 5.97 Å². The van der Waals surface area contributed by atoms with Crippen LogP contribution in [0.5, 0.6) is 5.75 Å². The van der Waals surface area contributed by atoms with Gasteiger partial charge in [0.2, 0.25) is 0 Å². The summed E-state index contributed by atoms with van der Waals surface area (Å²) in [6.45, 7) is 4.14. The number of ketones is 1. The Morgan fingerprint density at radius 2 is 1.29 bits per heavy atom. The SMILES string of the molecule is CCCCc1ccc(OC(=O)c2ccc(C(=O)c3ccc(C)cc3)cc2)cc1. The van der Waals surface area contributed by atoms with Gasteiger partial charge < -0.3 is 4.74 Å². The maximum Gasteiger partial charge on any atom is 0.343 e. The van der Waals surface area contributed by atoms with Crippen LogP contribution >= 0.6 is 0 Å². The third-order valence-corrected chi connectivity index (χ3v) is 4.65. The minimum atomic E-state index is -0.435. The number of ether oxygens (including phenoxy) is 1. The second-order valence-electron chi connectivity index (χ2n) is 6.91. The summed E-state index contributed by atoms with van der Waals surface area (Å²) in [5.74, 6) is 0.0169. The summed E-state index contributed by atoms with van der Waals surface area (Å²) in [4.78, 5) is 24.9. The number of carbonyl (C=O) groups is 2. The first-order valence-corrected chi connectivity index (χ1v) is 9.59. The Morgan fingerprint density at radius 3 is 1.86 bits per heavy atom. The third kappa shape index (κ3) is 4.95. The van der Waals surface area contributed by atoms with Gasteiger partial charge in [-0.15, -0.1) is 0 Å². The van der Waals surface area contributed by atoms with E-state index in [-0.39, 0.29) is 5.78 Å². The predicted molar refractivity (Wildman–Crippen MR) is 111 cm³/mol. The van der Waals surface area contributed by atoms with E-state index in [0.717, 1.165) is 24.8 Å². The molecule has 0 amide bonds. The van der Waals surface area contributed by atoms with E-state index in [1.54, 1.807) is 24.3 Å². The lowest BCUT2D eigenvalue weighted by molar-refractivity contribution is 0.0734. The molecule has 0 aliphatic rings. The minimum absolute atomic E-state index is 0.0671. The van der Waals surface area contributed by atoms with Crippen LogP contribution in [0.2, 0.25) is 0 Å². The number of carbonyl (C=O) groups excluding carboxylic acids is 2. The van der Waals surface area contributed by atoms with Gasteiger partial charge in [0, 0.05) is 11.1 Å². The molecule has 3 aromatic rings. The van der Waals surface area contributed by atoms with Crippen LogP contribution < -0.4 is 4.74 Å². The number of aryl methyl sites for hydroxylation is 2. The van der Waals surface area contributed by atoms with Crippen molar-refractivity contribution in [2.75, 3.05) is 0 Å². The molecule has 0 atom stereocenters. The van der Waals surface area contributed by atoms with Gasteiger partial charge in [-0.2, -0.15) is 0 Å². The van der Waals surface area contributed by atoms with Crippen LogP contribution in [0.1, 0.15) is 57.2 Å². The summed E-state index contributed by atoms with van der Waals surface area (Å²) in [5, 5.41) is 0. The van der Waals surface area contributed by atoms with Crippen LogP contribution in [-0.4, -0.2) is 11.8 Å². The second kappa shape index (κ2) is 9.14. The predicted octanol–water partition coefficient (Wildman–Crippen LogP) is 5.79. The summed E-state index contributed by atoms with van der Waals surface area (Å²) in [6.07, 6.45) is 3.33. The van der Waals surface area contributed by atoms with Crippen LogP contribution in [-0.2, 0) is 6.42 Å². The Balaban J connectivity index is 1.64. The van der Waals surface area contributed by atoms with Crippen LogP contribution in [0.15, 0.2) is 72.8 Å². The van der Waals surface area contributed by atoms with E-state index in [1.165, 1.54) is 5.56 Å². The van der Waals surface area contributed by atoms with Gasteiger partial charge in [0.1, 0.15) is 5.75 Å². The number of hydrogen-bond acceptors (Lipinski definition) is 3. The molecule has 28 heavy (non-hydrogen) atoms. The smallest absolute Gasteiger partial charge is 0.343 e. The van der Waals surface area contributed by atoms with Crippen molar-refractivity contribution in [3.8, 4) is 5.75 Å². The van der Waals surface area contributed by atoms with Gasteiger partial charge in [-0.1, -0.05) is 67.4 Å². The molecule has 0 spiro atoms. The van der Waals surface area contributed by atoms with Crippen LogP contribution in [0.3, 0.4) is 0 Å². The molecule has 3 aromatic carbocycles. The van der Waals surface area contributed by atoms with Gasteiger partial charge in [0.25, 0.3) is 0 Å². The van der Waals surface area contributed by atoms with Crippen molar-refractivity contribution >= 4 is 11.8 Å². The molecule has 3 heteroatoms. The van der Waals surface area contributed by atoms with Crippen LogP contribution in [0, 0.1) is 6.92 Å². The molecule has 3 rings (SSSR count). The van der Waals surface area contributed by atoms with Crippen molar-refractivity contribution in [1.82, 2.24) is 0 Å². The molecule has 3 nitrogen and oxygen atoms in total. The zero-order valence-corrected chi connectivity index (χ0v) is 16.3. The van der Waals surface area contributed by atoms with Crippen molar-refractivity contribution in [1.29, 1.82) is 0 Å². The van der Waals surface area contributed by atoms with Crippen molar-refractivity contribution in [3.05, 3.63) is 101 Å². The molecule has 0 aliphatic heterocycles. The molecule has 0 heterocycles. The van der Waals surface area contributed by atoms with Gasteiger partial charge in [0.15, 0.2) is 5.78 Å². The van der Waals surface area contributed by atoms with Crippen molar-refractivity contribution in [3.63, 3.8) is 0 Å². The average molecular weight is 372 g/mol. The topological polar surface area (TPSA) is 43.4 Å². The molecule has 0 fully saturated rings. The zero-order valence-electron chi connectivity index (χ0n) is 16.3.